The van der Waals surface area contributed by atoms with Crippen LogP contribution >= 0.6 is 0 Å². The molecular weight excluding hydrogens is 216 g/mol. The number of allylic oxidation sites excluding steroid dienone is 5. The summed E-state index contributed by atoms with van der Waals surface area (Å²) in [5, 5.41) is 0. The molecule has 0 spiro atoms. The van der Waals surface area contributed by atoms with Crippen LogP contribution in [0.2, 0.25) is 0 Å². The van der Waals surface area contributed by atoms with Gasteiger partial charge in [-0.05, 0) is 51.4 Å². The first-order valence-electron chi connectivity index (χ1n) is 7.48. The molecule has 0 aliphatic heterocycles. The van der Waals surface area contributed by atoms with Crippen molar-refractivity contribution in [1.29, 1.82) is 0 Å². The van der Waals surface area contributed by atoms with Crippen LogP contribution in [0.1, 0.15) is 59.8 Å². The zero-order valence-corrected chi connectivity index (χ0v) is 12.7. The highest BCUT2D eigenvalue weighted by Crippen LogP contribution is 2.39. The van der Waals surface area contributed by atoms with Crippen molar-refractivity contribution in [3.63, 3.8) is 0 Å². The van der Waals surface area contributed by atoms with Crippen LogP contribution in [0.3, 0.4) is 0 Å². The Morgan fingerprint density at radius 3 is 2.39 bits per heavy atom. The molecule has 0 heteroatoms. The van der Waals surface area contributed by atoms with Gasteiger partial charge in [-0.15, -0.1) is 6.58 Å². The molecule has 0 bridgehead atoms. The summed E-state index contributed by atoms with van der Waals surface area (Å²) in [6, 6.07) is 0. The first-order valence-corrected chi connectivity index (χ1v) is 7.48. The Balaban J connectivity index is 2.88. The molecule has 102 valence electrons. The molecule has 1 saturated carbocycles. The van der Waals surface area contributed by atoms with Gasteiger partial charge in [0.15, 0.2) is 0 Å². The van der Waals surface area contributed by atoms with Crippen molar-refractivity contribution in [1.82, 2.24) is 0 Å². The van der Waals surface area contributed by atoms with E-state index in [-0.39, 0.29) is 0 Å². The topological polar surface area (TPSA) is 0 Å². The third-order valence-corrected chi connectivity index (χ3v) is 4.38. The summed E-state index contributed by atoms with van der Waals surface area (Å²) in [6.45, 7) is 13.0. The van der Waals surface area contributed by atoms with E-state index in [1.165, 1.54) is 37.7 Å². The minimum absolute atomic E-state index is 0.760. The molecule has 3 unspecified atom stereocenters. The van der Waals surface area contributed by atoms with Gasteiger partial charge in [0.05, 0.1) is 0 Å². The van der Waals surface area contributed by atoms with Gasteiger partial charge in [0, 0.05) is 0 Å². The van der Waals surface area contributed by atoms with E-state index in [4.69, 9.17) is 0 Å². The molecule has 0 nitrogen and oxygen atoms in total. The summed E-state index contributed by atoms with van der Waals surface area (Å²) in [6.07, 6.45) is 13.4. The Morgan fingerprint density at radius 1 is 1.11 bits per heavy atom. The number of hydrogen-bond acceptors (Lipinski definition) is 0. The van der Waals surface area contributed by atoms with Gasteiger partial charge in [0.2, 0.25) is 0 Å². The molecule has 1 aliphatic rings. The lowest BCUT2D eigenvalue weighted by Crippen LogP contribution is -2.20. The molecule has 1 aliphatic carbocycles. The van der Waals surface area contributed by atoms with Crippen LogP contribution in [0.15, 0.2) is 36.0 Å². The van der Waals surface area contributed by atoms with Gasteiger partial charge in [0.25, 0.3) is 0 Å². The molecule has 3 atom stereocenters. The van der Waals surface area contributed by atoms with Crippen LogP contribution in [0.5, 0.6) is 0 Å². The molecule has 0 heterocycles. The third kappa shape index (κ3) is 4.48. The fraction of sp³-hybridized carbons (Fsp3) is 0.667. The molecule has 1 rings (SSSR count). The smallest absolute Gasteiger partial charge is 0.0169 e. The Hall–Kier alpha value is -0.780. The summed E-state index contributed by atoms with van der Waals surface area (Å²) in [4.78, 5) is 0. The molecule has 1 fully saturated rings. The quantitative estimate of drug-likeness (QED) is 0.328. The van der Waals surface area contributed by atoms with Gasteiger partial charge in [-0.3, -0.25) is 0 Å². The largest absolute Gasteiger partial charge is 0.103 e. The number of rotatable bonds is 4. The molecule has 0 aromatic heterocycles. The van der Waals surface area contributed by atoms with E-state index >= 15 is 0 Å². The molecule has 0 aromatic rings. The first-order chi connectivity index (χ1) is 8.56. The van der Waals surface area contributed by atoms with Crippen LogP contribution in [-0.4, -0.2) is 0 Å². The van der Waals surface area contributed by atoms with Crippen LogP contribution in [0.4, 0.5) is 0 Å². The second-order valence-corrected chi connectivity index (χ2v) is 6.21. The first kappa shape index (κ1) is 15.3. The predicted octanol–water partition coefficient (Wildman–Crippen LogP) is 5.92. The minimum atomic E-state index is 0.760. The summed E-state index contributed by atoms with van der Waals surface area (Å²) >= 11 is 0. The van der Waals surface area contributed by atoms with Crippen LogP contribution in [0.25, 0.3) is 0 Å². The zero-order valence-electron chi connectivity index (χ0n) is 12.7. The highest BCUT2D eigenvalue weighted by molar-refractivity contribution is 5.17. The van der Waals surface area contributed by atoms with E-state index in [9.17, 15) is 0 Å². The minimum Gasteiger partial charge on any atom is -0.103 e. The average molecular weight is 246 g/mol. The lowest BCUT2D eigenvalue weighted by molar-refractivity contribution is 0.274. The van der Waals surface area contributed by atoms with Gasteiger partial charge in [-0.2, -0.15) is 0 Å². The highest BCUT2D eigenvalue weighted by atomic mass is 14.3. The van der Waals surface area contributed by atoms with E-state index in [1.807, 2.05) is 0 Å². The Morgan fingerprint density at radius 2 is 1.78 bits per heavy atom. The van der Waals surface area contributed by atoms with Crippen LogP contribution in [-0.2, 0) is 0 Å². The lowest BCUT2D eigenvalue weighted by Gasteiger charge is -2.29. The van der Waals surface area contributed by atoms with Gasteiger partial charge in [-0.1, -0.05) is 55.6 Å². The van der Waals surface area contributed by atoms with E-state index in [1.54, 1.807) is 5.57 Å². The predicted molar refractivity (Wildman–Crippen MR) is 82.6 cm³/mol. The second-order valence-electron chi connectivity index (χ2n) is 6.21. The normalized spacial score (nSPS) is 29.6. The Kier molecular flexibility index (Phi) is 6.46. The van der Waals surface area contributed by atoms with E-state index in [0.717, 1.165) is 17.8 Å². The Labute approximate surface area is 114 Å². The fourth-order valence-electron chi connectivity index (χ4n) is 3.23. The van der Waals surface area contributed by atoms with Gasteiger partial charge in [0.1, 0.15) is 0 Å². The molecule has 0 N–H and O–H groups in total. The maximum atomic E-state index is 3.96. The maximum Gasteiger partial charge on any atom is -0.0169 e. The number of hydrogen-bond donors (Lipinski definition) is 0. The standard InChI is InChI=1S/C18H30/c1-6-9-17-15(4)10-7-8-11-18(17)16(5)13-12-14(2)3/h6,12-13,15,17-18H,1,7-11H2,2-5H3. The van der Waals surface area contributed by atoms with E-state index in [0.29, 0.717) is 0 Å². The van der Waals surface area contributed by atoms with Crippen molar-refractivity contribution in [2.45, 2.75) is 59.8 Å². The molecular formula is C18H30. The zero-order chi connectivity index (χ0) is 13.5. The molecule has 0 radical (unpaired) electrons. The summed E-state index contributed by atoms with van der Waals surface area (Å²) in [5.41, 5.74) is 2.95. The highest BCUT2D eigenvalue weighted by Gasteiger charge is 2.28. The molecule has 0 amide bonds. The second kappa shape index (κ2) is 7.61. The summed E-state index contributed by atoms with van der Waals surface area (Å²) < 4.78 is 0. The average Bonchev–Trinajstić information content (AvgIpc) is 2.50. The van der Waals surface area contributed by atoms with Crippen molar-refractivity contribution < 1.29 is 0 Å². The van der Waals surface area contributed by atoms with Crippen molar-refractivity contribution in [3.8, 4) is 0 Å². The maximum absolute atomic E-state index is 3.96. The molecule has 18 heavy (non-hydrogen) atoms. The summed E-state index contributed by atoms with van der Waals surface area (Å²) in [5.74, 6) is 2.40. The fourth-order valence-corrected chi connectivity index (χ4v) is 3.23. The van der Waals surface area contributed by atoms with Crippen LogP contribution < -0.4 is 0 Å². The summed E-state index contributed by atoms with van der Waals surface area (Å²) in [7, 11) is 0. The van der Waals surface area contributed by atoms with Crippen molar-refractivity contribution in [3.05, 3.63) is 36.0 Å². The van der Waals surface area contributed by atoms with Gasteiger partial charge >= 0.3 is 0 Å². The van der Waals surface area contributed by atoms with Gasteiger partial charge < -0.3 is 0 Å². The monoisotopic (exact) mass is 246 g/mol. The molecule has 0 aromatic carbocycles. The molecule has 0 saturated heterocycles. The van der Waals surface area contributed by atoms with Crippen molar-refractivity contribution >= 4 is 0 Å². The van der Waals surface area contributed by atoms with E-state index in [2.05, 4.69) is 52.5 Å². The van der Waals surface area contributed by atoms with Crippen molar-refractivity contribution in [2.24, 2.45) is 17.8 Å². The van der Waals surface area contributed by atoms with Gasteiger partial charge in [-0.25, -0.2) is 0 Å². The van der Waals surface area contributed by atoms with Crippen molar-refractivity contribution in [2.75, 3.05) is 0 Å². The lowest BCUT2D eigenvalue weighted by atomic mass is 9.76. The Bertz CT molecular complexity index is 315. The van der Waals surface area contributed by atoms with Crippen LogP contribution in [0, 0.1) is 17.8 Å². The third-order valence-electron chi connectivity index (χ3n) is 4.38. The van der Waals surface area contributed by atoms with E-state index < -0.39 is 0 Å². The SMILES string of the molecule is C=CCC1C(C)CCCCC1C(C)=CC=C(C)C.